The first-order valence-corrected chi connectivity index (χ1v) is 8.15. The molecule has 0 bridgehead atoms. The molecule has 0 radical (unpaired) electrons. The van der Waals surface area contributed by atoms with Crippen LogP contribution in [-0.4, -0.2) is 31.8 Å². The quantitative estimate of drug-likeness (QED) is 0.800. The van der Waals surface area contributed by atoms with E-state index in [9.17, 15) is 22.0 Å². The minimum absolute atomic E-state index is 0.230. The normalized spacial score (nSPS) is 11.8. The molecule has 8 heteroatoms. The Morgan fingerprint density at radius 1 is 1.30 bits per heavy atom. The van der Waals surface area contributed by atoms with Crippen LogP contribution in [0.5, 0.6) is 0 Å². The molecule has 0 saturated heterocycles. The Bertz CT molecular complexity index is 632. The van der Waals surface area contributed by atoms with E-state index in [0.29, 0.717) is 12.1 Å². The Labute approximate surface area is 120 Å². The smallest absolute Gasteiger partial charge is 0.262 e. The van der Waals surface area contributed by atoms with Crippen LogP contribution in [0.1, 0.15) is 31.1 Å². The van der Waals surface area contributed by atoms with Gasteiger partial charge in [-0.3, -0.25) is 4.79 Å². The third-order valence-electron chi connectivity index (χ3n) is 2.74. The number of carbonyl (C=O) groups excluding carboxylic acids is 1. The molecule has 0 aromatic heterocycles. The molecule has 112 valence electrons. The molecule has 1 aromatic rings. The number of benzene rings is 1. The summed E-state index contributed by atoms with van der Waals surface area (Å²) in [6.07, 6.45) is 0. The van der Waals surface area contributed by atoms with Crippen molar-refractivity contribution in [1.29, 1.82) is 0 Å². The van der Waals surface area contributed by atoms with E-state index in [1.807, 2.05) is 0 Å². The second-order valence-corrected chi connectivity index (χ2v) is 6.92. The molecule has 0 heterocycles. The molecule has 1 amide bonds. The summed E-state index contributed by atoms with van der Waals surface area (Å²) in [5, 5.41) is 0. The number of hydrogen-bond acceptors (Lipinski definition) is 3. The number of amides is 1. The van der Waals surface area contributed by atoms with Crippen molar-refractivity contribution in [2.45, 2.75) is 31.7 Å². The number of carbonyl (C=O) groups is 1. The molecule has 1 aromatic carbocycles. The summed E-state index contributed by atoms with van der Waals surface area (Å²) in [6.45, 7) is 5.41. The van der Waals surface area contributed by atoms with E-state index in [0.717, 1.165) is 0 Å². The van der Waals surface area contributed by atoms with Crippen molar-refractivity contribution >= 4 is 25.6 Å². The van der Waals surface area contributed by atoms with E-state index in [4.69, 9.17) is 10.7 Å². The lowest BCUT2D eigenvalue weighted by atomic mass is 10.1. The summed E-state index contributed by atoms with van der Waals surface area (Å²) in [7, 11) is 0.805. The highest BCUT2D eigenvalue weighted by Gasteiger charge is 2.27. The van der Waals surface area contributed by atoms with E-state index in [1.54, 1.807) is 20.8 Å². The van der Waals surface area contributed by atoms with Crippen molar-refractivity contribution in [2.24, 2.45) is 0 Å². The predicted octanol–water partition coefficient (Wildman–Crippen LogP) is 2.76. The van der Waals surface area contributed by atoms with Gasteiger partial charge < -0.3 is 4.90 Å². The summed E-state index contributed by atoms with van der Waals surface area (Å²) in [5.41, 5.74) is -0.477. The largest absolute Gasteiger partial charge is 0.336 e. The van der Waals surface area contributed by atoms with Gasteiger partial charge in [0.05, 0.1) is 10.5 Å². The minimum Gasteiger partial charge on any atom is -0.336 e. The van der Waals surface area contributed by atoms with Gasteiger partial charge >= 0.3 is 0 Å². The Hall–Kier alpha value is -1.21. The van der Waals surface area contributed by atoms with Gasteiger partial charge in [-0.05, 0) is 32.9 Å². The van der Waals surface area contributed by atoms with Gasteiger partial charge in [0.1, 0.15) is 0 Å². The monoisotopic (exact) mass is 325 g/mol. The van der Waals surface area contributed by atoms with Crippen LogP contribution < -0.4 is 0 Å². The van der Waals surface area contributed by atoms with Crippen molar-refractivity contribution in [3.05, 3.63) is 29.3 Å². The van der Waals surface area contributed by atoms with Crippen LogP contribution in [0.2, 0.25) is 0 Å². The summed E-state index contributed by atoms with van der Waals surface area (Å²) in [5.74, 6) is -3.41. The molecule has 4 nitrogen and oxygen atoms in total. The molecule has 0 spiro atoms. The number of nitrogens with zero attached hydrogens (tertiary/aromatic N) is 1. The predicted molar refractivity (Wildman–Crippen MR) is 71.2 cm³/mol. The molecular formula is C12H14ClF2NO3S. The summed E-state index contributed by atoms with van der Waals surface area (Å²) >= 11 is 0. The highest BCUT2D eigenvalue weighted by atomic mass is 35.7. The second kappa shape index (κ2) is 6.05. The maximum Gasteiger partial charge on any atom is 0.262 e. The second-order valence-electron chi connectivity index (χ2n) is 4.39. The maximum absolute atomic E-state index is 13.3. The number of hydrogen-bond donors (Lipinski definition) is 0. The van der Waals surface area contributed by atoms with Gasteiger partial charge in [-0.1, -0.05) is 0 Å². The third kappa shape index (κ3) is 3.46. The zero-order chi connectivity index (χ0) is 15.7. The minimum atomic E-state index is -4.37. The zero-order valence-electron chi connectivity index (χ0n) is 11.2. The van der Waals surface area contributed by atoms with Crippen LogP contribution in [0.3, 0.4) is 0 Å². The van der Waals surface area contributed by atoms with E-state index < -0.39 is 37.1 Å². The van der Waals surface area contributed by atoms with E-state index in [1.165, 1.54) is 4.90 Å². The molecule has 1 rings (SSSR count). The molecular weight excluding hydrogens is 312 g/mol. The van der Waals surface area contributed by atoms with Gasteiger partial charge in [-0.25, -0.2) is 17.2 Å². The Morgan fingerprint density at radius 3 is 2.20 bits per heavy atom. The summed E-state index contributed by atoms with van der Waals surface area (Å²) in [4.78, 5) is 12.8. The maximum atomic E-state index is 13.3. The van der Waals surface area contributed by atoms with Crippen LogP contribution in [0.4, 0.5) is 8.78 Å². The third-order valence-corrected chi connectivity index (χ3v) is 4.10. The fourth-order valence-corrected chi connectivity index (χ4v) is 2.83. The Balaban J connectivity index is 3.51. The number of rotatable bonds is 4. The molecule has 0 aliphatic carbocycles. The first-order chi connectivity index (χ1) is 9.09. The van der Waals surface area contributed by atoms with Crippen molar-refractivity contribution in [3.63, 3.8) is 0 Å². The lowest BCUT2D eigenvalue weighted by molar-refractivity contribution is 0.0712. The lowest BCUT2D eigenvalue weighted by Crippen LogP contribution is -2.37. The van der Waals surface area contributed by atoms with E-state index >= 15 is 0 Å². The van der Waals surface area contributed by atoms with Gasteiger partial charge in [-0.2, -0.15) is 0 Å². The number of halogens is 3. The Kier molecular flexibility index (Phi) is 5.10. The zero-order valence-corrected chi connectivity index (χ0v) is 12.7. The van der Waals surface area contributed by atoms with Gasteiger partial charge in [-0.15, -0.1) is 0 Å². The highest BCUT2D eigenvalue weighted by Crippen LogP contribution is 2.25. The van der Waals surface area contributed by atoms with Crippen LogP contribution in [0, 0.1) is 11.6 Å². The topological polar surface area (TPSA) is 54.5 Å². The van der Waals surface area contributed by atoms with Gasteiger partial charge in [0.2, 0.25) is 0 Å². The van der Waals surface area contributed by atoms with Crippen LogP contribution in [0.15, 0.2) is 17.0 Å². The highest BCUT2D eigenvalue weighted by molar-refractivity contribution is 8.13. The van der Waals surface area contributed by atoms with Crippen molar-refractivity contribution in [2.75, 3.05) is 6.54 Å². The van der Waals surface area contributed by atoms with E-state index in [2.05, 4.69) is 0 Å². The average molecular weight is 326 g/mol. The fraction of sp³-hybridized carbons (Fsp3) is 0.417. The molecule has 0 atom stereocenters. The molecule has 0 fully saturated rings. The summed E-state index contributed by atoms with van der Waals surface area (Å²) < 4.78 is 49.3. The summed E-state index contributed by atoms with van der Waals surface area (Å²) in [6, 6.07) is 0.739. The fourth-order valence-electron chi connectivity index (χ4n) is 1.80. The molecule has 20 heavy (non-hydrogen) atoms. The van der Waals surface area contributed by atoms with Crippen LogP contribution in [-0.2, 0) is 9.05 Å². The van der Waals surface area contributed by atoms with Crippen LogP contribution >= 0.6 is 10.7 Å². The average Bonchev–Trinajstić information content (AvgIpc) is 2.30. The first-order valence-electron chi connectivity index (χ1n) is 5.84. The Morgan fingerprint density at radius 2 is 1.80 bits per heavy atom. The molecule has 0 saturated carbocycles. The van der Waals surface area contributed by atoms with E-state index in [-0.39, 0.29) is 12.6 Å². The first kappa shape index (κ1) is 16.8. The van der Waals surface area contributed by atoms with Gasteiger partial charge in [0.15, 0.2) is 11.6 Å². The van der Waals surface area contributed by atoms with Gasteiger partial charge in [0, 0.05) is 23.3 Å². The standard InChI is InChI=1S/C12H14ClF2NO3S/c1-4-16(7(2)3)12(17)8-5-9(14)10(15)6-11(8)20(13,18)19/h5-7H,4H2,1-3H3. The van der Waals surface area contributed by atoms with Crippen molar-refractivity contribution in [1.82, 2.24) is 4.90 Å². The van der Waals surface area contributed by atoms with Crippen molar-refractivity contribution in [3.8, 4) is 0 Å². The molecule has 0 aliphatic rings. The SMILES string of the molecule is CCN(C(=O)c1cc(F)c(F)cc1S(=O)(=O)Cl)C(C)C. The molecule has 0 unspecified atom stereocenters. The van der Waals surface area contributed by atoms with Gasteiger partial charge in [0.25, 0.3) is 15.0 Å². The van der Waals surface area contributed by atoms with Crippen LogP contribution in [0.25, 0.3) is 0 Å². The van der Waals surface area contributed by atoms with Crippen molar-refractivity contribution < 1.29 is 22.0 Å². The molecule has 0 aliphatic heterocycles. The molecule has 0 N–H and O–H groups in total. The lowest BCUT2D eigenvalue weighted by Gasteiger charge is -2.25.